The molecule has 0 saturated heterocycles. The summed E-state index contributed by atoms with van der Waals surface area (Å²) in [5, 5.41) is 20.6. The lowest BCUT2D eigenvalue weighted by Gasteiger charge is -2.30. The van der Waals surface area contributed by atoms with Crippen molar-refractivity contribution in [1.29, 1.82) is 0 Å². The number of carboxylic acid groups (broad SMARTS) is 1. The number of nitrogens with zero attached hydrogens (tertiary/aromatic N) is 2. The average Bonchev–Trinajstić information content (AvgIpc) is 1.61. The summed E-state index contributed by atoms with van der Waals surface area (Å²) < 4.78 is 78.9. The molecule has 0 spiro atoms. The van der Waals surface area contributed by atoms with Gasteiger partial charge in [0.1, 0.15) is 30.1 Å². The van der Waals surface area contributed by atoms with Crippen LogP contribution in [0.2, 0.25) is 0 Å². The second-order valence-electron chi connectivity index (χ2n) is 23.9. The SMILES string of the molecule is CCC1(C)C2=[N+](CCCCCC(=O)NC(C)C(=O)NCCCCC(C(=O)NCCCCCC(=O)O)NC(=O)CCCCCN3/C(=C/C=C4\CCCC(=C4Oc4ccc(S(=O)(=O)O)cc4)/C=C/2)C(C)(CC)c2cc(S(=O)(=O)O)ccc23)c2ccc(C)cc21. The minimum absolute atomic E-state index is 0.0396. The summed E-state index contributed by atoms with van der Waals surface area (Å²) in [5.41, 5.74) is 7.66. The number of hydrogen-bond donors (Lipinski definition) is 7. The smallest absolute Gasteiger partial charge is 0.303 e. The number of aryl methyl sites for hydroxylation is 1. The third-order valence-electron chi connectivity index (χ3n) is 17.6. The van der Waals surface area contributed by atoms with Crippen molar-refractivity contribution in [1.82, 2.24) is 21.3 Å². The van der Waals surface area contributed by atoms with E-state index in [1.54, 1.807) is 19.1 Å². The number of amides is 4. The van der Waals surface area contributed by atoms with Crippen molar-refractivity contribution in [3.8, 4) is 5.75 Å². The Hall–Kier alpha value is -6.94. The highest BCUT2D eigenvalue weighted by Gasteiger charge is 2.47. The lowest BCUT2D eigenvalue weighted by atomic mass is 9.76. The molecule has 0 fully saturated rings. The molecule has 19 nitrogen and oxygen atoms in total. The molecular weight excluding hydrogens is 1150 g/mol. The number of rotatable bonds is 13. The molecule has 1 aliphatic carbocycles. The van der Waals surface area contributed by atoms with Crippen LogP contribution in [0.25, 0.3) is 0 Å². The third kappa shape index (κ3) is 17.4. The van der Waals surface area contributed by atoms with Crippen LogP contribution < -0.4 is 30.9 Å². The third-order valence-corrected chi connectivity index (χ3v) is 19.3. The van der Waals surface area contributed by atoms with Crippen LogP contribution >= 0.6 is 0 Å². The zero-order valence-electron chi connectivity index (χ0n) is 51.3. The first-order valence-electron chi connectivity index (χ1n) is 31.0. The number of aliphatic carboxylic acids is 1. The van der Waals surface area contributed by atoms with E-state index >= 15 is 0 Å². The van der Waals surface area contributed by atoms with Gasteiger partial charge < -0.3 is 36.0 Å². The lowest BCUT2D eigenvalue weighted by Crippen LogP contribution is -2.47. The Morgan fingerprint density at radius 1 is 0.736 bits per heavy atom. The van der Waals surface area contributed by atoms with E-state index in [9.17, 15) is 49.9 Å². The molecule has 3 aromatic rings. The van der Waals surface area contributed by atoms with Crippen molar-refractivity contribution in [2.75, 3.05) is 31.1 Å². The number of anilines is 1. The number of unbranched alkanes of at least 4 members (excludes halogenated alkanes) is 2. The Bertz CT molecular complexity index is 3430. The first kappa shape index (κ1) is 67.6. The minimum atomic E-state index is -4.56. The van der Waals surface area contributed by atoms with Crippen molar-refractivity contribution in [3.05, 3.63) is 124 Å². The van der Waals surface area contributed by atoms with E-state index in [2.05, 4.69) is 94.9 Å². The molecule has 87 heavy (non-hydrogen) atoms. The molecule has 0 radical (unpaired) electrons. The van der Waals surface area contributed by atoms with Gasteiger partial charge in [0.15, 0.2) is 5.71 Å². The maximum Gasteiger partial charge on any atom is 0.303 e. The van der Waals surface area contributed by atoms with Crippen LogP contribution in [-0.4, -0.2) is 109 Å². The molecule has 21 heteroatoms. The van der Waals surface area contributed by atoms with Crippen LogP contribution in [-0.2, 0) is 55.0 Å². The van der Waals surface area contributed by atoms with Crippen LogP contribution in [0.3, 0.4) is 0 Å². The van der Waals surface area contributed by atoms with Gasteiger partial charge in [0, 0.05) is 79.8 Å². The van der Waals surface area contributed by atoms with Crippen molar-refractivity contribution in [2.45, 2.75) is 203 Å². The topological polar surface area (TPSA) is 278 Å². The second-order valence-corrected chi connectivity index (χ2v) is 26.7. The molecule has 7 rings (SSSR count). The molecule has 3 aliphatic heterocycles. The summed E-state index contributed by atoms with van der Waals surface area (Å²) in [4.78, 5) is 66.2. The molecule has 4 aliphatic rings. The van der Waals surface area contributed by atoms with E-state index in [-0.39, 0.29) is 58.1 Å². The van der Waals surface area contributed by atoms with E-state index in [1.165, 1.54) is 35.9 Å². The van der Waals surface area contributed by atoms with Crippen LogP contribution in [0, 0.1) is 6.92 Å². The number of ether oxygens (including phenoxy) is 1. The molecule has 4 atom stereocenters. The fourth-order valence-corrected chi connectivity index (χ4v) is 13.2. The van der Waals surface area contributed by atoms with Crippen molar-refractivity contribution < 1.29 is 64.3 Å². The Labute approximate surface area is 513 Å². The van der Waals surface area contributed by atoms with Crippen LogP contribution in [0.4, 0.5) is 11.4 Å². The first-order chi connectivity index (χ1) is 41.4. The van der Waals surface area contributed by atoms with Crippen LogP contribution in [0.15, 0.2) is 117 Å². The predicted octanol–water partition coefficient (Wildman–Crippen LogP) is 10.5. The Morgan fingerprint density at radius 3 is 2.11 bits per heavy atom. The van der Waals surface area contributed by atoms with Gasteiger partial charge in [-0.15, -0.1) is 0 Å². The normalized spacial score (nSPS) is 24.3. The predicted molar refractivity (Wildman–Crippen MR) is 335 cm³/mol. The number of nitrogens with one attached hydrogen (secondary N) is 4. The molecule has 0 aromatic heterocycles. The van der Waals surface area contributed by atoms with Gasteiger partial charge in [0.25, 0.3) is 20.2 Å². The molecule has 4 amide bonds. The summed E-state index contributed by atoms with van der Waals surface area (Å²) in [6.45, 7) is 14.1. The van der Waals surface area contributed by atoms with Gasteiger partial charge in [0.2, 0.25) is 29.3 Å². The number of carboxylic acids is 1. The summed E-state index contributed by atoms with van der Waals surface area (Å²) in [6, 6.07) is 15.2. The van der Waals surface area contributed by atoms with Crippen molar-refractivity contribution in [2.24, 2.45) is 0 Å². The monoisotopic (exact) mass is 1240 g/mol. The largest absolute Gasteiger partial charge is 0.481 e. The number of carbonyl (C=O) groups is 5. The summed E-state index contributed by atoms with van der Waals surface area (Å²) in [7, 11) is -9.05. The van der Waals surface area contributed by atoms with Crippen LogP contribution in [0.1, 0.15) is 180 Å². The second kappa shape index (κ2) is 30.3. The Kier molecular flexibility index (Phi) is 23.5. The molecule has 2 bridgehead atoms. The zero-order chi connectivity index (χ0) is 63.1. The van der Waals surface area contributed by atoms with E-state index in [0.717, 1.165) is 70.7 Å². The number of benzene rings is 3. The van der Waals surface area contributed by atoms with Gasteiger partial charge in [0.05, 0.1) is 15.2 Å². The number of carbonyl (C=O) groups excluding carboxylic acids is 4. The van der Waals surface area contributed by atoms with Gasteiger partial charge in [-0.25, -0.2) is 0 Å². The molecule has 7 N–H and O–H groups in total. The molecule has 3 aromatic carbocycles. The quantitative estimate of drug-likeness (QED) is 0.0476. The molecule has 0 saturated carbocycles. The Balaban J connectivity index is 1.26. The van der Waals surface area contributed by atoms with E-state index < -0.39 is 43.7 Å². The van der Waals surface area contributed by atoms with Crippen molar-refractivity contribution in [3.63, 3.8) is 0 Å². The standard InChI is InChI=1S/C66H88N6O13S2/c1-7-65(5)52-43-45(3)27-35-55(52)71-41-18-10-12-24-59(73)69-46(4)63(77)67-40-17-15-23-54(64(78)68-39-16-9-14-26-61(75)76)70-60(74)25-13-11-19-42-72-56-36-34-51(87(82,83)84)44-53(56)66(6,8-2)58(72)38-29-48-22-20-21-47(28-37-57(65)71)62(48)85-49-30-32-50(33-31-49)86(79,80)81/h27-38,43-44,46,54H,7-26,39-42H2,1-6H3,(H6-,67,68,69,70,73,74,75,76,77,78,79,80,81,82,83,84)/p+1. The van der Waals surface area contributed by atoms with Crippen LogP contribution in [0.5, 0.6) is 5.75 Å². The lowest BCUT2D eigenvalue weighted by molar-refractivity contribution is -0.438. The number of allylic oxidation sites excluding steroid dienone is 7. The van der Waals surface area contributed by atoms with Gasteiger partial charge >= 0.3 is 5.97 Å². The highest BCUT2D eigenvalue weighted by molar-refractivity contribution is 7.86. The molecule has 472 valence electrons. The number of hydrogen-bond acceptors (Lipinski definition) is 11. The molecule has 4 unspecified atom stereocenters. The summed E-state index contributed by atoms with van der Waals surface area (Å²) in [5.74, 6) is -1.15. The minimum Gasteiger partial charge on any atom is -0.481 e. The van der Waals surface area contributed by atoms with Gasteiger partial charge in [-0.3, -0.25) is 33.1 Å². The maximum atomic E-state index is 13.6. The zero-order valence-corrected chi connectivity index (χ0v) is 53.0. The van der Waals surface area contributed by atoms with E-state index in [1.807, 2.05) is 13.0 Å². The first-order valence-corrected chi connectivity index (χ1v) is 33.9. The van der Waals surface area contributed by atoms with E-state index in [4.69, 9.17) is 9.84 Å². The van der Waals surface area contributed by atoms with Gasteiger partial charge in [-0.2, -0.15) is 21.4 Å². The molecule has 3 heterocycles. The maximum absolute atomic E-state index is 13.6. The highest BCUT2D eigenvalue weighted by atomic mass is 32.2. The fraction of sp³-hybridized carbons (Fsp3) is 0.515. The number of fused-ring (bicyclic) bond motifs is 6. The highest BCUT2D eigenvalue weighted by Crippen LogP contribution is 2.51. The van der Waals surface area contributed by atoms with Gasteiger partial charge in [-0.1, -0.05) is 44.4 Å². The average molecular weight is 1240 g/mol. The van der Waals surface area contributed by atoms with E-state index in [0.29, 0.717) is 121 Å². The summed E-state index contributed by atoms with van der Waals surface area (Å²) >= 11 is 0. The van der Waals surface area contributed by atoms with Crippen molar-refractivity contribution >= 4 is 66.9 Å². The summed E-state index contributed by atoms with van der Waals surface area (Å²) in [6.07, 6.45) is 19.1. The van der Waals surface area contributed by atoms with Gasteiger partial charge in [-0.05, 0) is 195 Å². The molecular formula is C66H89N6O13S2+. The fourth-order valence-electron chi connectivity index (χ4n) is 12.2. The Morgan fingerprint density at radius 2 is 1.43 bits per heavy atom.